The molecule has 1 fully saturated rings. The number of hydrogen-bond acceptors (Lipinski definition) is 3. The van der Waals surface area contributed by atoms with E-state index < -0.39 is 0 Å². The van der Waals surface area contributed by atoms with Crippen LogP contribution in [0.3, 0.4) is 0 Å². The Hall–Kier alpha value is -1.88. The van der Waals surface area contributed by atoms with Crippen molar-refractivity contribution in [3.63, 3.8) is 0 Å². The summed E-state index contributed by atoms with van der Waals surface area (Å²) in [6.07, 6.45) is 2.19. The number of likely N-dealkylation sites (tertiary alicyclic amines) is 1. The third-order valence-electron chi connectivity index (χ3n) is 4.95. The summed E-state index contributed by atoms with van der Waals surface area (Å²) >= 11 is 0. The lowest BCUT2D eigenvalue weighted by Gasteiger charge is -2.33. The summed E-state index contributed by atoms with van der Waals surface area (Å²) < 4.78 is 0. The Morgan fingerprint density at radius 2 is 1.96 bits per heavy atom. The molecule has 2 atom stereocenters. The van der Waals surface area contributed by atoms with Gasteiger partial charge >= 0.3 is 0 Å². The van der Waals surface area contributed by atoms with Crippen LogP contribution >= 0.6 is 0 Å². The standard InChI is InChI=1S/C20H30N2O3/c1-14(2)18(10-12-23)21-19(24)17-5-4-11-22(13-17)20(25)16-8-6-15(3)7-9-16/h6-9,14,17-18,23H,4-5,10-13H2,1-3H3,(H,21,24). The summed E-state index contributed by atoms with van der Waals surface area (Å²) in [6.45, 7) is 7.28. The SMILES string of the molecule is Cc1ccc(C(=O)N2CCCC(C(=O)NC(CCO)C(C)C)C2)cc1. The Morgan fingerprint density at radius 3 is 2.56 bits per heavy atom. The topological polar surface area (TPSA) is 69.6 Å². The second-order valence-corrected chi connectivity index (χ2v) is 7.33. The molecule has 1 aromatic rings. The molecule has 0 spiro atoms. The molecule has 0 aliphatic carbocycles. The first-order valence-electron chi connectivity index (χ1n) is 9.19. The fraction of sp³-hybridized carbons (Fsp3) is 0.600. The number of amides is 2. The van der Waals surface area contributed by atoms with Crippen LogP contribution in [0.1, 0.15) is 49.0 Å². The average Bonchev–Trinajstić information content (AvgIpc) is 2.61. The number of nitrogens with one attached hydrogen (secondary N) is 1. The lowest BCUT2D eigenvalue weighted by Crippen LogP contribution is -2.48. The van der Waals surface area contributed by atoms with Gasteiger partial charge in [0.2, 0.25) is 5.91 Å². The molecule has 5 nitrogen and oxygen atoms in total. The van der Waals surface area contributed by atoms with Crippen LogP contribution in [0, 0.1) is 18.8 Å². The molecule has 1 aliphatic rings. The molecule has 5 heteroatoms. The summed E-state index contributed by atoms with van der Waals surface area (Å²) in [7, 11) is 0. The van der Waals surface area contributed by atoms with Gasteiger partial charge in [-0.3, -0.25) is 9.59 Å². The molecule has 138 valence electrons. The Morgan fingerprint density at radius 1 is 1.28 bits per heavy atom. The van der Waals surface area contributed by atoms with E-state index in [1.807, 2.05) is 45.0 Å². The third-order valence-corrected chi connectivity index (χ3v) is 4.95. The van der Waals surface area contributed by atoms with Crippen LogP contribution in [0.2, 0.25) is 0 Å². The van der Waals surface area contributed by atoms with E-state index in [0.29, 0.717) is 25.1 Å². The minimum absolute atomic E-state index is 0.00597. The average molecular weight is 346 g/mol. The van der Waals surface area contributed by atoms with Gasteiger partial charge in [0.1, 0.15) is 0 Å². The minimum Gasteiger partial charge on any atom is -0.396 e. The van der Waals surface area contributed by atoms with Gasteiger partial charge in [0.15, 0.2) is 0 Å². The van der Waals surface area contributed by atoms with Crippen molar-refractivity contribution in [2.45, 2.75) is 46.1 Å². The van der Waals surface area contributed by atoms with E-state index in [-0.39, 0.29) is 36.3 Å². The van der Waals surface area contributed by atoms with E-state index in [9.17, 15) is 9.59 Å². The first-order chi connectivity index (χ1) is 11.9. The molecule has 0 bridgehead atoms. The fourth-order valence-corrected chi connectivity index (χ4v) is 3.27. The van der Waals surface area contributed by atoms with Gasteiger partial charge in [-0.25, -0.2) is 0 Å². The molecule has 25 heavy (non-hydrogen) atoms. The van der Waals surface area contributed by atoms with Gasteiger partial charge in [0.25, 0.3) is 5.91 Å². The van der Waals surface area contributed by atoms with Crippen LogP contribution in [-0.2, 0) is 4.79 Å². The van der Waals surface area contributed by atoms with Crippen molar-refractivity contribution in [3.05, 3.63) is 35.4 Å². The second kappa shape index (κ2) is 8.99. The molecular formula is C20H30N2O3. The largest absolute Gasteiger partial charge is 0.396 e. The molecule has 2 amide bonds. The second-order valence-electron chi connectivity index (χ2n) is 7.33. The number of benzene rings is 1. The predicted octanol–water partition coefficient (Wildman–Crippen LogP) is 2.37. The van der Waals surface area contributed by atoms with Gasteiger partial charge in [0.05, 0.1) is 5.92 Å². The van der Waals surface area contributed by atoms with Crippen LogP contribution in [0.5, 0.6) is 0 Å². The zero-order valence-corrected chi connectivity index (χ0v) is 15.5. The highest BCUT2D eigenvalue weighted by Gasteiger charge is 2.30. The molecule has 2 rings (SSSR count). The van der Waals surface area contributed by atoms with Crippen molar-refractivity contribution >= 4 is 11.8 Å². The van der Waals surface area contributed by atoms with Gasteiger partial charge in [-0.15, -0.1) is 0 Å². The van der Waals surface area contributed by atoms with E-state index in [4.69, 9.17) is 5.11 Å². The molecule has 0 radical (unpaired) electrons. The number of carbonyl (C=O) groups excluding carboxylic acids is 2. The van der Waals surface area contributed by atoms with Crippen molar-refractivity contribution in [3.8, 4) is 0 Å². The normalized spacial score (nSPS) is 18.9. The van der Waals surface area contributed by atoms with Gasteiger partial charge in [-0.05, 0) is 44.2 Å². The monoisotopic (exact) mass is 346 g/mol. The van der Waals surface area contributed by atoms with E-state index >= 15 is 0 Å². The van der Waals surface area contributed by atoms with Crippen molar-refractivity contribution < 1.29 is 14.7 Å². The van der Waals surface area contributed by atoms with Crippen LogP contribution < -0.4 is 5.32 Å². The van der Waals surface area contributed by atoms with Crippen molar-refractivity contribution in [1.29, 1.82) is 0 Å². The first-order valence-corrected chi connectivity index (χ1v) is 9.19. The van der Waals surface area contributed by atoms with Crippen LogP contribution in [0.4, 0.5) is 0 Å². The number of aliphatic hydroxyl groups is 1. The lowest BCUT2D eigenvalue weighted by atomic mass is 9.94. The maximum atomic E-state index is 12.7. The molecule has 2 unspecified atom stereocenters. The van der Waals surface area contributed by atoms with Gasteiger partial charge in [0, 0.05) is 31.3 Å². The Labute approximate surface area is 150 Å². The zero-order valence-electron chi connectivity index (χ0n) is 15.5. The van der Waals surface area contributed by atoms with Crippen molar-refractivity contribution in [2.75, 3.05) is 19.7 Å². The van der Waals surface area contributed by atoms with Gasteiger partial charge in [-0.2, -0.15) is 0 Å². The number of carbonyl (C=O) groups is 2. The summed E-state index contributed by atoms with van der Waals surface area (Å²) in [5.74, 6) is 0.0786. The molecule has 1 aliphatic heterocycles. The third kappa shape index (κ3) is 5.30. The number of rotatable bonds is 6. The number of nitrogens with zero attached hydrogens (tertiary/aromatic N) is 1. The molecule has 1 aromatic carbocycles. The molecule has 2 N–H and O–H groups in total. The number of aryl methyl sites for hydroxylation is 1. The highest BCUT2D eigenvalue weighted by molar-refractivity contribution is 5.94. The van der Waals surface area contributed by atoms with Crippen molar-refractivity contribution in [1.82, 2.24) is 10.2 Å². The maximum absolute atomic E-state index is 12.7. The highest BCUT2D eigenvalue weighted by Crippen LogP contribution is 2.20. The van der Waals surface area contributed by atoms with Crippen LogP contribution in [-0.4, -0.2) is 47.6 Å². The highest BCUT2D eigenvalue weighted by atomic mass is 16.3. The zero-order chi connectivity index (χ0) is 18.4. The first kappa shape index (κ1) is 19.4. The Bertz CT molecular complexity index is 583. The Balaban J connectivity index is 1.98. The summed E-state index contributed by atoms with van der Waals surface area (Å²) in [5.41, 5.74) is 1.79. The van der Waals surface area contributed by atoms with Gasteiger partial charge < -0.3 is 15.3 Å². The summed E-state index contributed by atoms with van der Waals surface area (Å²) in [6, 6.07) is 7.53. The van der Waals surface area contributed by atoms with E-state index in [0.717, 1.165) is 18.4 Å². The summed E-state index contributed by atoms with van der Waals surface area (Å²) in [5, 5.41) is 12.2. The number of piperidine rings is 1. The van der Waals surface area contributed by atoms with Crippen LogP contribution in [0.15, 0.2) is 24.3 Å². The Kier molecular flexibility index (Phi) is 7.00. The predicted molar refractivity (Wildman–Crippen MR) is 98.3 cm³/mol. The molecular weight excluding hydrogens is 316 g/mol. The summed E-state index contributed by atoms with van der Waals surface area (Å²) in [4.78, 5) is 27.1. The van der Waals surface area contributed by atoms with Crippen molar-refractivity contribution in [2.24, 2.45) is 11.8 Å². The van der Waals surface area contributed by atoms with E-state index in [2.05, 4.69) is 5.32 Å². The smallest absolute Gasteiger partial charge is 0.253 e. The lowest BCUT2D eigenvalue weighted by molar-refractivity contribution is -0.127. The van der Waals surface area contributed by atoms with E-state index in [1.54, 1.807) is 4.90 Å². The molecule has 0 aromatic heterocycles. The number of hydrogen-bond donors (Lipinski definition) is 2. The quantitative estimate of drug-likeness (QED) is 0.831. The molecule has 0 saturated carbocycles. The molecule has 1 saturated heterocycles. The van der Waals surface area contributed by atoms with E-state index in [1.165, 1.54) is 0 Å². The number of aliphatic hydroxyl groups excluding tert-OH is 1. The fourth-order valence-electron chi connectivity index (χ4n) is 3.27. The van der Waals surface area contributed by atoms with Gasteiger partial charge in [-0.1, -0.05) is 31.5 Å². The minimum atomic E-state index is -0.178. The molecule has 1 heterocycles. The maximum Gasteiger partial charge on any atom is 0.253 e. The van der Waals surface area contributed by atoms with Crippen LogP contribution in [0.25, 0.3) is 0 Å².